The normalized spacial score (nSPS) is 39.8. The first kappa shape index (κ1) is 19.0. The van der Waals surface area contributed by atoms with E-state index in [1.165, 1.54) is 37.0 Å². The molecule has 6 heteroatoms. The summed E-state index contributed by atoms with van der Waals surface area (Å²) in [7, 11) is 7.49. The molecule has 0 bridgehead atoms. The number of ether oxygens (including phenoxy) is 4. The van der Waals surface area contributed by atoms with Crippen molar-refractivity contribution in [3.63, 3.8) is 0 Å². The smallest absolute Gasteiger partial charge is 0.0635 e. The van der Waals surface area contributed by atoms with Gasteiger partial charge in [-0.25, -0.2) is 0 Å². The van der Waals surface area contributed by atoms with Crippen molar-refractivity contribution in [1.29, 1.82) is 0 Å². The van der Waals surface area contributed by atoms with Gasteiger partial charge < -0.3 is 18.9 Å². The molecule has 2 heterocycles. The molecule has 0 amide bonds. The van der Waals surface area contributed by atoms with Gasteiger partial charge in [-0.05, 0) is 37.0 Å². The molecule has 0 N–H and O–H groups in total. The van der Waals surface area contributed by atoms with E-state index in [2.05, 4.69) is 0 Å². The van der Waals surface area contributed by atoms with E-state index in [0.29, 0.717) is 24.4 Å². The molecule has 0 saturated carbocycles. The third-order valence-corrected chi connectivity index (χ3v) is 10.7. The average molecular weight is 350 g/mol. The van der Waals surface area contributed by atoms with Crippen LogP contribution in [0.1, 0.15) is 12.8 Å². The van der Waals surface area contributed by atoms with Gasteiger partial charge in [0.2, 0.25) is 0 Å². The number of methoxy groups -OCH3 is 4. The fourth-order valence-electron chi connectivity index (χ4n) is 3.52. The summed E-state index contributed by atoms with van der Waals surface area (Å²) in [6.45, 7) is 0. The summed E-state index contributed by atoms with van der Waals surface area (Å²) in [6, 6.07) is 0. The zero-order valence-electron chi connectivity index (χ0n) is 14.5. The summed E-state index contributed by atoms with van der Waals surface area (Å²) in [5, 5.41) is 0. The van der Waals surface area contributed by atoms with Crippen LogP contribution in [-0.2, 0) is 18.9 Å². The zero-order chi connectivity index (χ0) is 15.9. The van der Waals surface area contributed by atoms with Crippen molar-refractivity contribution in [2.75, 3.05) is 65.4 Å². The molecule has 4 nitrogen and oxygen atoms in total. The van der Waals surface area contributed by atoms with Crippen molar-refractivity contribution in [1.82, 2.24) is 0 Å². The van der Waals surface area contributed by atoms with E-state index in [9.17, 15) is 0 Å². The van der Waals surface area contributed by atoms with Crippen LogP contribution < -0.4 is 0 Å². The molecule has 4 unspecified atom stereocenters. The van der Waals surface area contributed by atoms with Crippen LogP contribution in [0.15, 0.2) is 0 Å². The van der Waals surface area contributed by atoms with E-state index in [0.717, 1.165) is 12.8 Å². The van der Waals surface area contributed by atoms with Crippen LogP contribution in [0.3, 0.4) is 0 Å². The van der Waals surface area contributed by atoms with Crippen LogP contribution in [0.4, 0.5) is 0 Å². The highest BCUT2D eigenvalue weighted by atomic mass is 31.1. The van der Waals surface area contributed by atoms with Crippen molar-refractivity contribution in [3.05, 3.63) is 0 Å². The first-order valence-corrected chi connectivity index (χ1v) is 12.0. The molecule has 2 aliphatic heterocycles. The van der Waals surface area contributed by atoms with Gasteiger partial charge in [0.25, 0.3) is 0 Å². The molecule has 0 aliphatic carbocycles. The van der Waals surface area contributed by atoms with Gasteiger partial charge in [-0.15, -0.1) is 15.8 Å². The fourth-order valence-corrected chi connectivity index (χ4v) is 10.3. The highest BCUT2D eigenvalue weighted by molar-refractivity contribution is 7.61. The second-order valence-electron chi connectivity index (χ2n) is 6.42. The quantitative estimate of drug-likeness (QED) is 0.662. The number of hydrogen-bond acceptors (Lipinski definition) is 4. The maximum absolute atomic E-state index is 5.62. The molecule has 2 fully saturated rings. The summed E-state index contributed by atoms with van der Waals surface area (Å²) in [5.41, 5.74) is 0. The molecule has 0 radical (unpaired) electrons. The first-order valence-electron chi connectivity index (χ1n) is 8.24. The van der Waals surface area contributed by atoms with Crippen molar-refractivity contribution >= 4 is 15.8 Å². The van der Waals surface area contributed by atoms with Gasteiger partial charge in [0.05, 0.1) is 24.4 Å². The van der Waals surface area contributed by atoms with Crippen molar-refractivity contribution in [3.8, 4) is 0 Å². The second-order valence-corrected chi connectivity index (χ2v) is 11.5. The van der Waals surface area contributed by atoms with Gasteiger partial charge >= 0.3 is 0 Å². The molecule has 2 aliphatic rings. The van der Waals surface area contributed by atoms with Crippen LogP contribution in [0.5, 0.6) is 0 Å². The van der Waals surface area contributed by atoms with E-state index in [4.69, 9.17) is 18.9 Å². The molecular weight excluding hydrogens is 318 g/mol. The van der Waals surface area contributed by atoms with Crippen LogP contribution in [0, 0.1) is 0 Å². The van der Waals surface area contributed by atoms with E-state index >= 15 is 0 Å². The Kier molecular flexibility index (Phi) is 8.53. The molecule has 0 aromatic carbocycles. The standard InChI is InChI=1S/C16H32O4P2/c1-17-13-7-14(18-2)10-21(9-13)5-6-22-11-15(19-3)8-16(12-22)20-4/h13-16H,5-12H2,1-4H3. The third-order valence-electron chi connectivity index (χ3n) is 4.96. The average Bonchev–Trinajstić information content (AvgIpc) is 2.59. The molecule has 0 aromatic rings. The Morgan fingerprint density at radius 3 is 1.09 bits per heavy atom. The van der Waals surface area contributed by atoms with Gasteiger partial charge in [0.1, 0.15) is 0 Å². The van der Waals surface area contributed by atoms with E-state index in [1.54, 1.807) is 0 Å². The zero-order valence-corrected chi connectivity index (χ0v) is 16.3. The number of rotatable bonds is 7. The molecule has 0 aromatic heterocycles. The lowest BCUT2D eigenvalue weighted by Gasteiger charge is -2.37. The monoisotopic (exact) mass is 350 g/mol. The summed E-state index contributed by atoms with van der Waals surface area (Å²) >= 11 is 0. The molecule has 130 valence electrons. The molecule has 4 atom stereocenters. The molecular formula is C16H32O4P2. The Bertz CT molecular complexity index is 265. The SMILES string of the molecule is COC1CC(OC)CP(CCP2CC(OC)CC(OC)C2)C1. The van der Waals surface area contributed by atoms with Crippen LogP contribution >= 0.6 is 15.8 Å². The predicted octanol–water partition coefficient (Wildman–Crippen LogP) is 2.82. The van der Waals surface area contributed by atoms with Gasteiger partial charge in [-0.2, -0.15) is 0 Å². The largest absolute Gasteiger partial charge is 0.381 e. The molecule has 22 heavy (non-hydrogen) atoms. The summed E-state index contributed by atoms with van der Waals surface area (Å²) in [5.74, 6) is 0. The molecule has 0 spiro atoms. The summed E-state index contributed by atoms with van der Waals surface area (Å²) in [6.07, 6.45) is 11.5. The highest BCUT2D eigenvalue weighted by Crippen LogP contribution is 2.49. The van der Waals surface area contributed by atoms with Crippen molar-refractivity contribution < 1.29 is 18.9 Å². The minimum atomic E-state index is 0.0606. The maximum atomic E-state index is 5.62. The maximum Gasteiger partial charge on any atom is 0.0635 e. The van der Waals surface area contributed by atoms with E-state index in [1.807, 2.05) is 28.4 Å². The Morgan fingerprint density at radius 2 is 0.864 bits per heavy atom. The minimum Gasteiger partial charge on any atom is -0.381 e. The molecule has 2 saturated heterocycles. The summed E-state index contributed by atoms with van der Waals surface area (Å²) in [4.78, 5) is 0. The Balaban J connectivity index is 1.80. The molecule has 2 rings (SSSR count). The Labute approximate surface area is 138 Å². The van der Waals surface area contributed by atoms with Crippen LogP contribution in [-0.4, -0.2) is 89.8 Å². The first-order chi connectivity index (χ1) is 10.7. The van der Waals surface area contributed by atoms with Gasteiger partial charge in [-0.3, -0.25) is 0 Å². The van der Waals surface area contributed by atoms with Crippen molar-refractivity contribution in [2.24, 2.45) is 0 Å². The van der Waals surface area contributed by atoms with E-state index in [-0.39, 0.29) is 15.8 Å². The van der Waals surface area contributed by atoms with Crippen molar-refractivity contribution in [2.45, 2.75) is 37.3 Å². The lowest BCUT2D eigenvalue weighted by Crippen LogP contribution is -2.34. The Hall–Kier alpha value is 0.700. The predicted molar refractivity (Wildman–Crippen MR) is 95.5 cm³/mol. The van der Waals surface area contributed by atoms with Gasteiger partial charge in [-0.1, -0.05) is 0 Å². The van der Waals surface area contributed by atoms with Gasteiger partial charge in [0.15, 0.2) is 0 Å². The second kappa shape index (κ2) is 9.87. The van der Waals surface area contributed by atoms with Crippen LogP contribution in [0.2, 0.25) is 0 Å². The Morgan fingerprint density at radius 1 is 0.591 bits per heavy atom. The fraction of sp³-hybridized carbons (Fsp3) is 1.00. The topological polar surface area (TPSA) is 36.9 Å². The lowest BCUT2D eigenvalue weighted by molar-refractivity contribution is 0.0365. The lowest BCUT2D eigenvalue weighted by atomic mass is 10.2. The van der Waals surface area contributed by atoms with E-state index < -0.39 is 0 Å². The summed E-state index contributed by atoms with van der Waals surface area (Å²) < 4.78 is 22.5. The van der Waals surface area contributed by atoms with Gasteiger partial charge in [0, 0.05) is 41.3 Å². The minimum absolute atomic E-state index is 0.0606. The van der Waals surface area contributed by atoms with Crippen LogP contribution in [0.25, 0.3) is 0 Å². The number of hydrogen-bond donors (Lipinski definition) is 0. The third kappa shape index (κ3) is 5.65. The highest BCUT2D eigenvalue weighted by Gasteiger charge is 2.31.